The molecule has 114 valence electrons. The lowest BCUT2D eigenvalue weighted by molar-refractivity contribution is 0.340. The summed E-state index contributed by atoms with van der Waals surface area (Å²) in [6.07, 6.45) is 4.81. The Morgan fingerprint density at radius 3 is 2.38 bits per heavy atom. The van der Waals surface area contributed by atoms with E-state index in [1.54, 1.807) is 6.07 Å². The minimum absolute atomic E-state index is 0.134. The molecule has 2 aromatic carbocycles. The normalized spacial score (nSPS) is 14.3. The Morgan fingerprint density at radius 2 is 1.76 bits per heavy atom. The minimum Gasteiger partial charge on any atom is -0.313 e. The Hall–Kier alpha value is -1.41. The van der Waals surface area contributed by atoms with E-state index in [4.69, 9.17) is 0 Å². The molecule has 0 aromatic heterocycles. The van der Waals surface area contributed by atoms with E-state index in [0.717, 1.165) is 17.2 Å². The number of hydrogen-bond donors (Lipinski definition) is 1. The van der Waals surface area contributed by atoms with Gasteiger partial charge < -0.3 is 5.32 Å². The summed E-state index contributed by atoms with van der Waals surface area (Å²) in [6.45, 7) is 4.48. The first-order valence-electron chi connectivity index (χ1n) is 8.07. The molecule has 2 aromatic rings. The molecule has 0 amide bonds. The van der Waals surface area contributed by atoms with Crippen molar-refractivity contribution < 1.29 is 4.39 Å². The highest BCUT2D eigenvalue weighted by molar-refractivity contribution is 5.86. The van der Waals surface area contributed by atoms with Gasteiger partial charge in [0.05, 0.1) is 0 Å². The van der Waals surface area contributed by atoms with Gasteiger partial charge in [0.2, 0.25) is 0 Å². The van der Waals surface area contributed by atoms with Crippen molar-refractivity contribution in [1.29, 1.82) is 0 Å². The summed E-state index contributed by atoms with van der Waals surface area (Å²) in [7, 11) is 2.01. The van der Waals surface area contributed by atoms with E-state index >= 15 is 0 Å². The highest BCUT2D eigenvalue weighted by Gasteiger charge is 2.22. The van der Waals surface area contributed by atoms with Crippen LogP contribution >= 0.6 is 0 Å². The number of hydrogen-bond acceptors (Lipinski definition) is 1. The van der Waals surface area contributed by atoms with Crippen molar-refractivity contribution in [2.45, 2.75) is 45.6 Å². The Bertz CT molecular complexity index is 579. The second kappa shape index (κ2) is 7.56. The van der Waals surface area contributed by atoms with Gasteiger partial charge in [0, 0.05) is 11.4 Å². The molecule has 0 fully saturated rings. The van der Waals surface area contributed by atoms with Crippen LogP contribution in [0.4, 0.5) is 4.39 Å². The molecule has 2 unspecified atom stereocenters. The van der Waals surface area contributed by atoms with Crippen LogP contribution < -0.4 is 5.32 Å². The second-order valence-electron chi connectivity index (χ2n) is 5.76. The minimum atomic E-state index is -0.134. The maximum absolute atomic E-state index is 14.0. The Kier molecular flexibility index (Phi) is 5.75. The summed E-state index contributed by atoms with van der Waals surface area (Å²) >= 11 is 0. The molecule has 1 N–H and O–H groups in total. The van der Waals surface area contributed by atoms with Gasteiger partial charge in [-0.05, 0) is 36.4 Å². The summed E-state index contributed by atoms with van der Waals surface area (Å²) in [6, 6.07) is 11.6. The highest BCUT2D eigenvalue weighted by atomic mass is 19.1. The van der Waals surface area contributed by atoms with Gasteiger partial charge in [-0.25, -0.2) is 4.39 Å². The molecule has 0 bridgehead atoms. The number of unbranched alkanes of at least 4 members (excludes halogenated alkanes) is 1. The molecule has 2 atom stereocenters. The van der Waals surface area contributed by atoms with Crippen molar-refractivity contribution >= 4 is 10.8 Å². The average Bonchev–Trinajstić information content (AvgIpc) is 2.53. The molecule has 1 nitrogen and oxygen atoms in total. The van der Waals surface area contributed by atoms with Crippen LogP contribution in [0.1, 0.15) is 51.1 Å². The van der Waals surface area contributed by atoms with Crippen LogP contribution in [-0.2, 0) is 0 Å². The number of benzene rings is 2. The third-order valence-electron chi connectivity index (χ3n) is 4.47. The fourth-order valence-corrected chi connectivity index (χ4v) is 3.27. The number of rotatable bonds is 7. The molecule has 2 rings (SSSR count). The third kappa shape index (κ3) is 3.44. The first-order valence-corrected chi connectivity index (χ1v) is 8.07. The van der Waals surface area contributed by atoms with Crippen LogP contribution in [0, 0.1) is 11.7 Å². The highest BCUT2D eigenvalue weighted by Crippen LogP contribution is 2.34. The Morgan fingerprint density at radius 1 is 1.05 bits per heavy atom. The summed E-state index contributed by atoms with van der Waals surface area (Å²) in [4.78, 5) is 0. The van der Waals surface area contributed by atoms with E-state index in [9.17, 15) is 4.39 Å². The predicted octanol–water partition coefficient (Wildman–Crippen LogP) is 5.46. The topological polar surface area (TPSA) is 12.0 Å². The summed E-state index contributed by atoms with van der Waals surface area (Å²) in [5, 5.41) is 5.22. The fourth-order valence-electron chi connectivity index (χ4n) is 3.27. The summed E-state index contributed by atoms with van der Waals surface area (Å²) in [5.74, 6) is 0.453. The van der Waals surface area contributed by atoms with Gasteiger partial charge in [0.1, 0.15) is 5.82 Å². The van der Waals surface area contributed by atoms with Crippen LogP contribution in [0.15, 0.2) is 36.4 Å². The number of fused-ring (bicyclic) bond motifs is 1. The lowest BCUT2D eigenvalue weighted by Gasteiger charge is -2.27. The van der Waals surface area contributed by atoms with Gasteiger partial charge >= 0.3 is 0 Å². The van der Waals surface area contributed by atoms with Gasteiger partial charge in [-0.15, -0.1) is 0 Å². The molecule has 0 radical (unpaired) electrons. The largest absolute Gasteiger partial charge is 0.313 e. The molecule has 2 heteroatoms. The number of nitrogens with one attached hydrogen (secondary N) is 1. The monoisotopic (exact) mass is 287 g/mol. The van der Waals surface area contributed by atoms with E-state index in [2.05, 4.69) is 19.2 Å². The molecule has 0 spiro atoms. The van der Waals surface area contributed by atoms with Crippen LogP contribution in [0.2, 0.25) is 0 Å². The molecular weight excluding hydrogens is 261 g/mol. The van der Waals surface area contributed by atoms with Crippen molar-refractivity contribution in [3.8, 4) is 0 Å². The average molecular weight is 287 g/mol. The maximum atomic E-state index is 14.0. The molecular formula is C19H26FN. The van der Waals surface area contributed by atoms with E-state index < -0.39 is 0 Å². The smallest absolute Gasteiger partial charge is 0.131 e. The van der Waals surface area contributed by atoms with Crippen LogP contribution in [-0.4, -0.2) is 7.05 Å². The van der Waals surface area contributed by atoms with E-state index in [1.165, 1.54) is 24.8 Å². The zero-order valence-electron chi connectivity index (χ0n) is 13.3. The second-order valence-corrected chi connectivity index (χ2v) is 5.76. The lowest BCUT2D eigenvalue weighted by Crippen LogP contribution is -2.25. The Balaban J connectivity index is 2.44. The van der Waals surface area contributed by atoms with Crippen molar-refractivity contribution in [3.63, 3.8) is 0 Å². The first kappa shape index (κ1) is 16.0. The van der Waals surface area contributed by atoms with Gasteiger partial charge in [-0.3, -0.25) is 0 Å². The molecule has 0 aliphatic carbocycles. The van der Waals surface area contributed by atoms with Crippen LogP contribution in [0.25, 0.3) is 10.8 Å². The molecule has 0 heterocycles. The summed E-state index contributed by atoms with van der Waals surface area (Å²) in [5.41, 5.74) is 1.22. The summed E-state index contributed by atoms with van der Waals surface area (Å²) < 4.78 is 14.0. The molecule has 0 aliphatic rings. The third-order valence-corrected chi connectivity index (χ3v) is 4.47. The first-order chi connectivity index (χ1) is 10.2. The predicted molar refractivity (Wildman–Crippen MR) is 89.0 cm³/mol. The van der Waals surface area contributed by atoms with E-state index in [1.807, 2.05) is 37.4 Å². The lowest BCUT2D eigenvalue weighted by atomic mass is 9.85. The maximum Gasteiger partial charge on any atom is 0.131 e. The standard InChI is InChI=1S/C19H26FN/c1-4-6-9-14(5-2)19(21-3)17-12-13-18(20)16-11-8-7-10-15(16)17/h7-8,10-14,19,21H,4-6,9H2,1-3H3. The molecule has 0 saturated heterocycles. The fraction of sp³-hybridized carbons (Fsp3) is 0.474. The zero-order chi connectivity index (χ0) is 15.2. The molecule has 21 heavy (non-hydrogen) atoms. The van der Waals surface area contributed by atoms with Crippen molar-refractivity contribution in [1.82, 2.24) is 5.32 Å². The molecule has 0 saturated carbocycles. The quantitative estimate of drug-likeness (QED) is 0.713. The van der Waals surface area contributed by atoms with Gasteiger partial charge in [0.15, 0.2) is 0 Å². The number of halogens is 1. The van der Waals surface area contributed by atoms with E-state index in [-0.39, 0.29) is 11.9 Å². The van der Waals surface area contributed by atoms with Crippen LogP contribution in [0.5, 0.6) is 0 Å². The van der Waals surface area contributed by atoms with Crippen molar-refractivity contribution in [2.75, 3.05) is 7.05 Å². The van der Waals surface area contributed by atoms with E-state index in [0.29, 0.717) is 5.92 Å². The van der Waals surface area contributed by atoms with Gasteiger partial charge in [-0.2, -0.15) is 0 Å². The van der Waals surface area contributed by atoms with Gasteiger partial charge in [0.25, 0.3) is 0 Å². The zero-order valence-corrected chi connectivity index (χ0v) is 13.3. The van der Waals surface area contributed by atoms with Crippen molar-refractivity contribution in [3.05, 3.63) is 47.8 Å². The Labute approximate surface area is 127 Å². The molecule has 0 aliphatic heterocycles. The van der Waals surface area contributed by atoms with Crippen molar-refractivity contribution in [2.24, 2.45) is 5.92 Å². The SMILES string of the molecule is CCCCC(CC)C(NC)c1ccc(F)c2ccccc12. The van der Waals surface area contributed by atoms with Crippen LogP contribution in [0.3, 0.4) is 0 Å². The van der Waals surface area contributed by atoms with Gasteiger partial charge in [-0.1, -0.05) is 63.4 Å².